The number of benzene rings is 1. The standard InChI is InChI=1S/C11H16F2N2O3S2/c12-11(13)9(16)7-15-20(17,18)6-5-19-10-4-2-1-3-8(10)14/h1-4,9,11,15-16H,5-7,14H2. The molecule has 0 bridgehead atoms. The third-order valence-corrected chi connectivity index (χ3v) is 5.03. The molecule has 0 aromatic heterocycles. The summed E-state index contributed by atoms with van der Waals surface area (Å²) in [6.45, 7) is -0.696. The Hall–Kier alpha value is -0.900. The fraction of sp³-hybridized carbons (Fsp3) is 0.455. The zero-order chi connectivity index (χ0) is 15.2. The topological polar surface area (TPSA) is 92.4 Å². The Morgan fingerprint density at radius 2 is 2.00 bits per heavy atom. The largest absolute Gasteiger partial charge is 0.398 e. The molecule has 0 saturated carbocycles. The van der Waals surface area contributed by atoms with E-state index in [1.807, 2.05) is 4.72 Å². The van der Waals surface area contributed by atoms with Crippen molar-refractivity contribution in [1.29, 1.82) is 0 Å². The van der Waals surface area contributed by atoms with Crippen LogP contribution in [0.2, 0.25) is 0 Å². The Kier molecular flexibility index (Phi) is 6.66. The lowest BCUT2D eigenvalue weighted by atomic mass is 10.3. The smallest absolute Gasteiger partial charge is 0.265 e. The van der Waals surface area contributed by atoms with E-state index >= 15 is 0 Å². The Bertz CT molecular complexity index is 526. The molecule has 20 heavy (non-hydrogen) atoms. The van der Waals surface area contributed by atoms with Gasteiger partial charge in [-0.3, -0.25) is 0 Å². The number of rotatable bonds is 8. The number of thioether (sulfide) groups is 1. The number of anilines is 1. The van der Waals surface area contributed by atoms with Crippen LogP contribution in [0.4, 0.5) is 14.5 Å². The molecule has 4 N–H and O–H groups in total. The lowest BCUT2D eigenvalue weighted by molar-refractivity contribution is -0.000445. The van der Waals surface area contributed by atoms with Gasteiger partial charge in [0, 0.05) is 22.9 Å². The van der Waals surface area contributed by atoms with Crippen molar-refractivity contribution in [3.05, 3.63) is 24.3 Å². The molecule has 0 aliphatic rings. The second-order valence-electron chi connectivity index (χ2n) is 3.96. The summed E-state index contributed by atoms with van der Waals surface area (Å²) in [6, 6.07) is 7.02. The molecule has 1 aromatic rings. The third kappa shape index (κ3) is 6.04. The molecule has 114 valence electrons. The first-order valence-electron chi connectivity index (χ1n) is 5.72. The number of hydrogen-bond donors (Lipinski definition) is 3. The Labute approximate surface area is 120 Å². The van der Waals surface area contributed by atoms with Crippen molar-refractivity contribution in [3.8, 4) is 0 Å². The van der Waals surface area contributed by atoms with Crippen molar-refractivity contribution in [3.63, 3.8) is 0 Å². The van der Waals surface area contributed by atoms with Crippen LogP contribution in [0.15, 0.2) is 29.2 Å². The number of para-hydroxylation sites is 1. The van der Waals surface area contributed by atoms with E-state index < -0.39 is 29.1 Å². The van der Waals surface area contributed by atoms with E-state index in [9.17, 15) is 17.2 Å². The molecule has 1 aromatic carbocycles. The first-order chi connectivity index (χ1) is 9.32. The van der Waals surface area contributed by atoms with Gasteiger partial charge in [0.25, 0.3) is 6.43 Å². The number of alkyl halides is 2. The second kappa shape index (κ2) is 7.77. The summed E-state index contributed by atoms with van der Waals surface area (Å²) in [5.74, 6) is -0.0176. The zero-order valence-corrected chi connectivity index (χ0v) is 12.1. The van der Waals surface area contributed by atoms with E-state index in [0.717, 1.165) is 4.90 Å². The van der Waals surface area contributed by atoms with E-state index in [4.69, 9.17) is 10.8 Å². The molecular formula is C11H16F2N2O3S2. The number of nitrogen functional groups attached to an aromatic ring is 1. The number of aliphatic hydroxyl groups is 1. The van der Waals surface area contributed by atoms with Gasteiger partial charge in [-0.2, -0.15) is 0 Å². The quantitative estimate of drug-likeness (QED) is 0.488. The highest BCUT2D eigenvalue weighted by Gasteiger charge is 2.19. The number of nitrogens with one attached hydrogen (secondary N) is 1. The molecule has 1 atom stereocenters. The van der Waals surface area contributed by atoms with Crippen molar-refractivity contribution in [2.45, 2.75) is 17.4 Å². The van der Waals surface area contributed by atoms with Gasteiger partial charge in [-0.15, -0.1) is 11.8 Å². The highest BCUT2D eigenvalue weighted by atomic mass is 32.2. The summed E-state index contributed by atoms with van der Waals surface area (Å²) in [5.41, 5.74) is 6.25. The average molecular weight is 326 g/mol. The minimum atomic E-state index is -3.70. The molecule has 9 heteroatoms. The van der Waals surface area contributed by atoms with Gasteiger partial charge >= 0.3 is 0 Å². The van der Waals surface area contributed by atoms with Crippen LogP contribution >= 0.6 is 11.8 Å². The van der Waals surface area contributed by atoms with Crippen LogP contribution in [0.25, 0.3) is 0 Å². The Balaban J connectivity index is 2.39. The van der Waals surface area contributed by atoms with Gasteiger partial charge in [0.15, 0.2) is 0 Å². The van der Waals surface area contributed by atoms with Gasteiger partial charge in [-0.05, 0) is 12.1 Å². The van der Waals surface area contributed by atoms with Crippen LogP contribution in [0.5, 0.6) is 0 Å². The van der Waals surface area contributed by atoms with E-state index in [1.54, 1.807) is 24.3 Å². The van der Waals surface area contributed by atoms with Crippen molar-refractivity contribution < 1.29 is 22.3 Å². The Morgan fingerprint density at radius 1 is 1.35 bits per heavy atom. The van der Waals surface area contributed by atoms with Gasteiger partial charge in [0.1, 0.15) is 6.10 Å². The first-order valence-corrected chi connectivity index (χ1v) is 8.36. The number of hydrogen-bond acceptors (Lipinski definition) is 5. The molecule has 0 aliphatic carbocycles. The van der Waals surface area contributed by atoms with Crippen molar-refractivity contribution in [2.24, 2.45) is 0 Å². The zero-order valence-electron chi connectivity index (χ0n) is 10.5. The molecule has 1 rings (SSSR count). The highest BCUT2D eigenvalue weighted by molar-refractivity contribution is 8.00. The predicted octanol–water partition coefficient (Wildman–Crippen LogP) is 0.906. The van der Waals surface area contributed by atoms with Crippen molar-refractivity contribution >= 4 is 27.5 Å². The van der Waals surface area contributed by atoms with Crippen LogP contribution in [0, 0.1) is 0 Å². The highest BCUT2D eigenvalue weighted by Crippen LogP contribution is 2.24. The molecular weight excluding hydrogens is 310 g/mol. The number of halogens is 2. The summed E-state index contributed by atoms with van der Waals surface area (Å²) in [4.78, 5) is 0.760. The molecule has 0 heterocycles. The SMILES string of the molecule is Nc1ccccc1SCCS(=O)(=O)NCC(O)C(F)F. The summed E-state index contributed by atoms with van der Waals surface area (Å²) in [7, 11) is -3.70. The summed E-state index contributed by atoms with van der Waals surface area (Å²) in [5, 5.41) is 8.83. The van der Waals surface area contributed by atoms with E-state index in [2.05, 4.69) is 0 Å². The van der Waals surface area contributed by atoms with Gasteiger partial charge in [0.2, 0.25) is 10.0 Å². The monoisotopic (exact) mass is 326 g/mol. The molecule has 1 unspecified atom stereocenters. The average Bonchev–Trinajstić information content (AvgIpc) is 2.38. The molecule has 0 saturated heterocycles. The molecule has 0 aliphatic heterocycles. The number of sulfonamides is 1. The normalized spacial score (nSPS) is 13.6. The maximum absolute atomic E-state index is 12.0. The molecule has 0 fully saturated rings. The minimum Gasteiger partial charge on any atom is -0.398 e. The molecule has 0 spiro atoms. The Morgan fingerprint density at radius 3 is 2.60 bits per heavy atom. The second-order valence-corrected chi connectivity index (χ2v) is 7.02. The maximum Gasteiger partial charge on any atom is 0.265 e. The number of aliphatic hydroxyl groups excluding tert-OH is 1. The molecule has 0 amide bonds. The van der Waals surface area contributed by atoms with Gasteiger partial charge < -0.3 is 10.8 Å². The van der Waals surface area contributed by atoms with E-state index in [0.29, 0.717) is 5.69 Å². The van der Waals surface area contributed by atoms with Gasteiger partial charge in [-0.25, -0.2) is 21.9 Å². The molecule has 0 radical (unpaired) electrons. The minimum absolute atomic E-state index is 0.230. The van der Waals surface area contributed by atoms with Crippen LogP contribution in [-0.2, 0) is 10.0 Å². The van der Waals surface area contributed by atoms with Crippen molar-refractivity contribution in [2.75, 3.05) is 23.8 Å². The van der Waals surface area contributed by atoms with Crippen LogP contribution in [0.3, 0.4) is 0 Å². The van der Waals surface area contributed by atoms with Crippen LogP contribution in [0.1, 0.15) is 0 Å². The van der Waals surface area contributed by atoms with E-state index in [-0.39, 0.29) is 11.5 Å². The summed E-state index contributed by atoms with van der Waals surface area (Å²) < 4.78 is 49.0. The summed E-state index contributed by atoms with van der Waals surface area (Å²) in [6.07, 6.45) is -4.97. The van der Waals surface area contributed by atoms with Gasteiger partial charge in [-0.1, -0.05) is 12.1 Å². The van der Waals surface area contributed by atoms with Crippen molar-refractivity contribution in [1.82, 2.24) is 4.72 Å². The predicted molar refractivity (Wildman–Crippen MR) is 75.4 cm³/mol. The van der Waals surface area contributed by atoms with E-state index in [1.165, 1.54) is 11.8 Å². The maximum atomic E-state index is 12.0. The fourth-order valence-corrected chi connectivity index (χ4v) is 3.66. The van der Waals surface area contributed by atoms with Crippen LogP contribution < -0.4 is 10.5 Å². The molecule has 5 nitrogen and oxygen atoms in total. The number of nitrogens with two attached hydrogens (primary N) is 1. The fourth-order valence-electron chi connectivity index (χ4n) is 1.25. The lowest BCUT2D eigenvalue weighted by Crippen LogP contribution is -2.37. The third-order valence-electron chi connectivity index (χ3n) is 2.33. The summed E-state index contributed by atoms with van der Waals surface area (Å²) >= 11 is 1.26. The first kappa shape index (κ1) is 17.2. The lowest BCUT2D eigenvalue weighted by Gasteiger charge is -2.11. The van der Waals surface area contributed by atoms with Crippen LogP contribution in [-0.4, -0.2) is 44.1 Å². The van der Waals surface area contributed by atoms with Gasteiger partial charge in [0.05, 0.1) is 5.75 Å².